The van der Waals surface area contributed by atoms with Gasteiger partial charge >= 0.3 is 0 Å². The summed E-state index contributed by atoms with van der Waals surface area (Å²) in [5.41, 5.74) is 0.171. The normalized spacial score (nSPS) is 27.2. The molecule has 1 fully saturated rings. The third-order valence-electron chi connectivity index (χ3n) is 3.79. The Hall–Kier alpha value is -0.610. The molecule has 5 heteroatoms. The van der Waals surface area contributed by atoms with E-state index in [2.05, 4.69) is 43.1 Å². The number of hydrogen-bond donors (Lipinski definition) is 1. The molecule has 0 radical (unpaired) electrons. The molecule has 1 heterocycles. The molecule has 0 spiro atoms. The smallest absolute Gasteiger partial charge is 0.141 e. The summed E-state index contributed by atoms with van der Waals surface area (Å²) in [4.78, 5) is 4.29. The van der Waals surface area contributed by atoms with Crippen LogP contribution in [0.15, 0.2) is 6.33 Å². The van der Waals surface area contributed by atoms with Gasteiger partial charge < -0.3 is 5.32 Å². The lowest BCUT2D eigenvalue weighted by Crippen LogP contribution is -2.57. The van der Waals surface area contributed by atoms with E-state index in [0.717, 1.165) is 18.8 Å². The van der Waals surface area contributed by atoms with E-state index < -0.39 is 0 Å². The monoisotopic (exact) mass is 256 g/mol. The van der Waals surface area contributed by atoms with Gasteiger partial charge in [-0.15, -0.1) is 11.6 Å². The van der Waals surface area contributed by atoms with Crippen molar-refractivity contribution in [1.82, 2.24) is 20.1 Å². The molecule has 96 valence electrons. The van der Waals surface area contributed by atoms with Crippen molar-refractivity contribution in [3.8, 4) is 0 Å². The molecule has 1 aromatic heterocycles. The first kappa shape index (κ1) is 12.8. The molecule has 1 aromatic rings. The molecule has 0 amide bonds. The topological polar surface area (TPSA) is 42.7 Å². The Morgan fingerprint density at radius 2 is 2.29 bits per heavy atom. The van der Waals surface area contributed by atoms with E-state index in [9.17, 15) is 0 Å². The number of aromatic nitrogens is 3. The van der Waals surface area contributed by atoms with Crippen LogP contribution in [0.2, 0.25) is 0 Å². The Morgan fingerprint density at radius 3 is 2.82 bits per heavy atom. The fourth-order valence-electron chi connectivity index (χ4n) is 2.27. The van der Waals surface area contributed by atoms with Gasteiger partial charge in [-0.05, 0) is 25.7 Å². The molecule has 2 atom stereocenters. The molecule has 0 bridgehead atoms. The van der Waals surface area contributed by atoms with Crippen molar-refractivity contribution in [2.24, 2.45) is 5.41 Å². The number of nitrogens with zero attached hydrogens (tertiary/aromatic N) is 3. The van der Waals surface area contributed by atoms with Crippen LogP contribution in [0.3, 0.4) is 0 Å². The van der Waals surface area contributed by atoms with Gasteiger partial charge in [0, 0.05) is 17.5 Å². The van der Waals surface area contributed by atoms with Gasteiger partial charge in [0.05, 0.1) is 6.54 Å². The maximum Gasteiger partial charge on any atom is 0.141 e. The van der Waals surface area contributed by atoms with Crippen LogP contribution in [0.1, 0.15) is 46.0 Å². The summed E-state index contributed by atoms with van der Waals surface area (Å²) < 4.78 is 1.96. The van der Waals surface area contributed by atoms with Crippen molar-refractivity contribution >= 4 is 11.6 Å². The van der Waals surface area contributed by atoms with Gasteiger partial charge in [-0.2, -0.15) is 5.10 Å². The van der Waals surface area contributed by atoms with Gasteiger partial charge in [0.2, 0.25) is 0 Å². The SMILES string of the molecule is CC(C)n1ncnc1CNC1CC(Cl)C1(C)C. The van der Waals surface area contributed by atoms with Crippen LogP contribution in [-0.2, 0) is 6.54 Å². The van der Waals surface area contributed by atoms with Crippen LogP contribution < -0.4 is 5.32 Å². The third-order valence-corrected chi connectivity index (χ3v) is 4.53. The number of nitrogens with one attached hydrogen (secondary N) is 1. The van der Waals surface area contributed by atoms with Crippen LogP contribution in [-0.4, -0.2) is 26.2 Å². The predicted octanol–water partition coefficient (Wildman–Crippen LogP) is 2.35. The number of hydrogen-bond acceptors (Lipinski definition) is 3. The highest BCUT2D eigenvalue weighted by molar-refractivity contribution is 6.21. The summed E-state index contributed by atoms with van der Waals surface area (Å²) in [6.07, 6.45) is 2.65. The van der Waals surface area contributed by atoms with Gasteiger partial charge in [-0.3, -0.25) is 0 Å². The van der Waals surface area contributed by atoms with Gasteiger partial charge in [-0.25, -0.2) is 9.67 Å². The Labute approximate surface area is 108 Å². The first-order valence-corrected chi connectivity index (χ1v) is 6.62. The van der Waals surface area contributed by atoms with Gasteiger partial charge in [0.15, 0.2) is 0 Å². The molecule has 1 aliphatic carbocycles. The second kappa shape index (κ2) is 4.58. The summed E-state index contributed by atoms with van der Waals surface area (Å²) in [7, 11) is 0. The van der Waals surface area contributed by atoms with Gasteiger partial charge in [-0.1, -0.05) is 13.8 Å². The summed E-state index contributed by atoms with van der Waals surface area (Å²) in [5, 5.41) is 8.04. The third kappa shape index (κ3) is 2.33. The van der Waals surface area contributed by atoms with Crippen LogP contribution in [0.4, 0.5) is 0 Å². The van der Waals surface area contributed by atoms with Crippen molar-refractivity contribution in [3.05, 3.63) is 12.2 Å². The lowest BCUT2D eigenvalue weighted by Gasteiger charge is -2.49. The number of rotatable bonds is 4. The van der Waals surface area contributed by atoms with Crippen molar-refractivity contribution in [1.29, 1.82) is 0 Å². The van der Waals surface area contributed by atoms with E-state index in [-0.39, 0.29) is 10.8 Å². The molecule has 0 aliphatic heterocycles. The molecular formula is C12H21ClN4. The first-order valence-electron chi connectivity index (χ1n) is 6.18. The first-order chi connectivity index (χ1) is 7.93. The fraction of sp³-hybridized carbons (Fsp3) is 0.833. The highest BCUT2D eigenvalue weighted by Gasteiger charge is 2.46. The minimum atomic E-state index is 0.171. The minimum Gasteiger partial charge on any atom is -0.306 e. The summed E-state index contributed by atoms with van der Waals surface area (Å²) in [6, 6.07) is 0.826. The molecule has 1 saturated carbocycles. The highest BCUT2D eigenvalue weighted by Crippen LogP contribution is 2.44. The molecule has 1 aliphatic rings. The zero-order valence-corrected chi connectivity index (χ0v) is 11.7. The molecule has 2 unspecified atom stereocenters. The molecular weight excluding hydrogens is 236 g/mol. The maximum absolute atomic E-state index is 6.20. The Balaban J connectivity index is 1.93. The van der Waals surface area contributed by atoms with E-state index in [1.165, 1.54) is 0 Å². The second-order valence-corrected chi connectivity index (χ2v) is 6.20. The molecule has 0 saturated heterocycles. The van der Waals surface area contributed by atoms with E-state index >= 15 is 0 Å². The molecule has 4 nitrogen and oxygen atoms in total. The maximum atomic E-state index is 6.20. The summed E-state index contributed by atoms with van der Waals surface area (Å²) in [6.45, 7) is 9.40. The molecule has 1 N–H and O–H groups in total. The van der Waals surface area contributed by atoms with Crippen molar-refractivity contribution in [3.63, 3.8) is 0 Å². The van der Waals surface area contributed by atoms with Crippen LogP contribution >= 0.6 is 11.6 Å². The van der Waals surface area contributed by atoms with Crippen molar-refractivity contribution < 1.29 is 0 Å². The van der Waals surface area contributed by atoms with Gasteiger partial charge in [0.1, 0.15) is 12.2 Å². The largest absolute Gasteiger partial charge is 0.306 e. The van der Waals surface area contributed by atoms with E-state index in [1.807, 2.05) is 4.68 Å². The van der Waals surface area contributed by atoms with Crippen molar-refractivity contribution in [2.45, 2.75) is 58.1 Å². The second-order valence-electron chi connectivity index (χ2n) is 5.67. The number of alkyl halides is 1. The van der Waals surface area contributed by atoms with E-state index in [0.29, 0.717) is 12.1 Å². The van der Waals surface area contributed by atoms with Gasteiger partial charge in [0.25, 0.3) is 0 Å². The molecule has 17 heavy (non-hydrogen) atoms. The Bertz CT molecular complexity index is 386. The predicted molar refractivity (Wildman–Crippen MR) is 69.1 cm³/mol. The van der Waals surface area contributed by atoms with Crippen molar-refractivity contribution in [2.75, 3.05) is 0 Å². The highest BCUT2D eigenvalue weighted by atomic mass is 35.5. The van der Waals surface area contributed by atoms with Crippen LogP contribution in [0.5, 0.6) is 0 Å². The lowest BCUT2D eigenvalue weighted by molar-refractivity contribution is 0.114. The summed E-state index contributed by atoms with van der Waals surface area (Å²) >= 11 is 6.20. The standard InChI is InChI=1S/C12H21ClN4/c1-8(2)17-11(15-7-16-17)6-14-10-5-9(13)12(10,3)4/h7-10,14H,5-6H2,1-4H3. The van der Waals surface area contributed by atoms with Crippen LogP contribution in [0, 0.1) is 5.41 Å². The van der Waals surface area contributed by atoms with E-state index in [4.69, 9.17) is 11.6 Å². The summed E-state index contributed by atoms with van der Waals surface area (Å²) in [5.74, 6) is 0.994. The average Bonchev–Trinajstić information content (AvgIpc) is 2.72. The Kier molecular flexibility index (Phi) is 3.46. The molecule has 0 aromatic carbocycles. The fourth-order valence-corrected chi connectivity index (χ4v) is 2.60. The minimum absolute atomic E-state index is 0.171. The average molecular weight is 257 g/mol. The zero-order valence-electron chi connectivity index (χ0n) is 10.9. The Morgan fingerprint density at radius 1 is 1.59 bits per heavy atom. The number of halogens is 1. The quantitative estimate of drug-likeness (QED) is 0.841. The molecule has 2 rings (SSSR count). The zero-order chi connectivity index (χ0) is 12.6. The lowest BCUT2D eigenvalue weighted by atomic mass is 9.67. The van der Waals surface area contributed by atoms with Crippen LogP contribution in [0.25, 0.3) is 0 Å². The van der Waals surface area contributed by atoms with E-state index in [1.54, 1.807) is 6.33 Å².